The van der Waals surface area contributed by atoms with Gasteiger partial charge in [0.1, 0.15) is 5.75 Å². The van der Waals surface area contributed by atoms with Crippen LogP contribution in [0.2, 0.25) is 0 Å². The van der Waals surface area contributed by atoms with Crippen molar-refractivity contribution in [1.29, 1.82) is 0 Å². The van der Waals surface area contributed by atoms with Gasteiger partial charge in [0, 0.05) is 31.9 Å². The lowest BCUT2D eigenvalue weighted by molar-refractivity contribution is -0.884. The van der Waals surface area contributed by atoms with Crippen LogP contribution in [0.25, 0.3) is 0 Å². The van der Waals surface area contributed by atoms with Gasteiger partial charge in [-0.1, -0.05) is 37.3 Å². The lowest BCUT2D eigenvalue weighted by Crippen LogP contribution is -3.14. The van der Waals surface area contributed by atoms with Crippen molar-refractivity contribution in [2.45, 2.75) is 13.3 Å². The molecule has 1 fully saturated rings. The first kappa shape index (κ1) is 22.6. The van der Waals surface area contributed by atoms with Gasteiger partial charge in [-0.05, 0) is 30.7 Å². The van der Waals surface area contributed by atoms with E-state index in [-0.39, 0.29) is 18.4 Å². The number of amides is 2. The Bertz CT molecular complexity index is 851. The summed E-state index contributed by atoms with van der Waals surface area (Å²) in [4.78, 5) is 30.7. The molecule has 166 valence electrons. The molecule has 0 spiro atoms. The van der Waals surface area contributed by atoms with Gasteiger partial charge >= 0.3 is 0 Å². The molecule has 7 nitrogen and oxygen atoms in total. The molecule has 0 saturated carbocycles. The van der Waals surface area contributed by atoms with Crippen molar-refractivity contribution in [2.24, 2.45) is 0 Å². The standard InChI is InChI=1S/C24H32N4O3/c1-3-13-26(18-23(29)25-21-11-7-8-12-22(21)31-2)19-24(30)28-16-14-27(15-17-28)20-9-5-4-6-10-20/h4-12H,3,13-19H2,1-2H3,(H,25,29)/p+1. The van der Waals surface area contributed by atoms with Crippen LogP contribution in [0.3, 0.4) is 0 Å². The minimum Gasteiger partial charge on any atom is -0.495 e. The molecule has 1 unspecified atom stereocenters. The number of para-hydroxylation sites is 3. The van der Waals surface area contributed by atoms with Crippen LogP contribution in [0.1, 0.15) is 13.3 Å². The fourth-order valence-corrected chi connectivity index (χ4v) is 3.94. The van der Waals surface area contributed by atoms with Gasteiger partial charge in [-0.2, -0.15) is 0 Å². The average Bonchev–Trinajstić information content (AvgIpc) is 2.80. The molecule has 3 rings (SSSR count). The molecule has 2 aromatic rings. The third kappa shape index (κ3) is 6.46. The van der Waals surface area contributed by atoms with Crippen molar-refractivity contribution in [2.75, 3.05) is 63.1 Å². The summed E-state index contributed by atoms with van der Waals surface area (Å²) in [5.41, 5.74) is 1.84. The summed E-state index contributed by atoms with van der Waals surface area (Å²) in [5, 5.41) is 2.91. The van der Waals surface area contributed by atoms with Gasteiger partial charge in [0.05, 0.1) is 19.3 Å². The second-order valence-corrected chi connectivity index (χ2v) is 7.81. The van der Waals surface area contributed by atoms with Gasteiger partial charge in [-0.25, -0.2) is 0 Å². The topological polar surface area (TPSA) is 66.3 Å². The zero-order chi connectivity index (χ0) is 22.1. The Hall–Kier alpha value is -3.06. The molecule has 0 aliphatic carbocycles. The number of hydrogen-bond acceptors (Lipinski definition) is 4. The van der Waals surface area contributed by atoms with E-state index in [1.165, 1.54) is 5.69 Å². The van der Waals surface area contributed by atoms with Gasteiger partial charge in [0.25, 0.3) is 11.8 Å². The van der Waals surface area contributed by atoms with E-state index in [1.807, 2.05) is 47.4 Å². The van der Waals surface area contributed by atoms with Crippen LogP contribution < -0.4 is 19.9 Å². The first-order valence-electron chi connectivity index (χ1n) is 10.9. The number of ether oxygens (including phenoxy) is 1. The zero-order valence-corrected chi connectivity index (χ0v) is 18.5. The van der Waals surface area contributed by atoms with E-state index in [1.54, 1.807) is 7.11 Å². The molecule has 1 atom stereocenters. The van der Waals surface area contributed by atoms with Crippen LogP contribution >= 0.6 is 0 Å². The summed E-state index contributed by atoms with van der Waals surface area (Å²) >= 11 is 0. The lowest BCUT2D eigenvalue weighted by Gasteiger charge is -2.36. The predicted molar refractivity (Wildman–Crippen MR) is 123 cm³/mol. The van der Waals surface area contributed by atoms with E-state index in [0.717, 1.165) is 31.0 Å². The molecule has 1 aliphatic heterocycles. The summed E-state index contributed by atoms with van der Waals surface area (Å²) in [7, 11) is 1.58. The normalized spacial score (nSPS) is 14.8. The number of methoxy groups -OCH3 is 1. The number of rotatable bonds is 9. The van der Waals surface area contributed by atoms with Crippen molar-refractivity contribution >= 4 is 23.2 Å². The third-order valence-electron chi connectivity index (χ3n) is 5.55. The van der Waals surface area contributed by atoms with Crippen molar-refractivity contribution in [1.82, 2.24) is 4.90 Å². The summed E-state index contributed by atoms with van der Waals surface area (Å²) in [6.07, 6.45) is 0.909. The summed E-state index contributed by atoms with van der Waals surface area (Å²) in [6, 6.07) is 17.6. The molecular weight excluding hydrogens is 392 g/mol. The van der Waals surface area contributed by atoms with Crippen molar-refractivity contribution in [3.8, 4) is 5.75 Å². The molecule has 0 bridgehead atoms. The van der Waals surface area contributed by atoms with Gasteiger partial charge in [-0.15, -0.1) is 0 Å². The summed E-state index contributed by atoms with van der Waals surface area (Å²) < 4.78 is 5.30. The Morgan fingerprint density at radius 3 is 2.32 bits per heavy atom. The zero-order valence-electron chi connectivity index (χ0n) is 18.5. The van der Waals surface area contributed by atoms with Crippen LogP contribution in [-0.4, -0.2) is 69.6 Å². The van der Waals surface area contributed by atoms with E-state index in [0.29, 0.717) is 31.1 Å². The number of carbonyl (C=O) groups is 2. The highest BCUT2D eigenvalue weighted by atomic mass is 16.5. The largest absolute Gasteiger partial charge is 0.495 e. The second-order valence-electron chi connectivity index (χ2n) is 7.81. The van der Waals surface area contributed by atoms with Crippen LogP contribution in [-0.2, 0) is 9.59 Å². The van der Waals surface area contributed by atoms with Crippen molar-refractivity contribution in [3.05, 3.63) is 54.6 Å². The molecule has 2 aromatic carbocycles. The highest BCUT2D eigenvalue weighted by Gasteiger charge is 2.25. The SMILES string of the molecule is CCC[NH+](CC(=O)Nc1ccccc1OC)CC(=O)N1CCN(c2ccccc2)CC1. The van der Waals surface area contributed by atoms with E-state index in [4.69, 9.17) is 4.74 Å². The number of quaternary nitrogens is 1. The Morgan fingerprint density at radius 1 is 0.968 bits per heavy atom. The van der Waals surface area contributed by atoms with Gasteiger partial charge in [-0.3, -0.25) is 9.59 Å². The maximum Gasteiger partial charge on any atom is 0.279 e. The smallest absolute Gasteiger partial charge is 0.279 e. The molecule has 7 heteroatoms. The molecular formula is C24H33N4O3+. The Kier molecular flexibility index (Phi) is 8.29. The van der Waals surface area contributed by atoms with Crippen molar-refractivity contribution < 1.29 is 19.2 Å². The molecule has 31 heavy (non-hydrogen) atoms. The lowest BCUT2D eigenvalue weighted by atomic mass is 10.2. The van der Waals surface area contributed by atoms with Crippen molar-refractivity contribution in [3.63, 3.8) is 0 Å². The average molecular weight is 426 g/mol. The maximum absolute atomic E-state index is 12.9. The predicted octanol–water partition coefficient (Wildman–Crippen LogP) is 1.28. The minimum atomic E-state index is -0.116. The fraction of sp³-hybridized carbons (Fsp3) is 0.417. The second kappa shape index (κ2) is 11.4. The monoisotopic (exact) mass is 425 g/mol. The van der Waals surface area contributed by atoms with Crippen LogP contribution in [0, 0.1) is 0 Å². The van der Waals surface area contributed by atoms with E-state index >= 15 is 0 Å². The number of carbonyl (C=O) groups excluding carboxylic acids is 2. The molecule has 1 heterocycles. The quantitative estimate of drug-likeness (QED) is 0.635. The minimum absolute atomic E-state index is 0.112. The van der Waals surface area contributed by atoms with Crippen LogP contribution in [0.5, 0.6) is 5.75 Å². The molecule has 1 aliphatic rings. The maximum atomic E-state index is 12.9. The Labute approximate surface area is 184 Å². The molecule has 0 radical (unpaired) electrons. The highest BCUT2D eigenvalue weighted by Crippen LogP contribution is 2.22. The third-order valence-corrected chi connectivity index (χ3v) is 5.55. The number of nitrogens with zero attached hydrogens (tertiary/aromatic N) is 2. The summed E-state index contributed by atoms with van der Waals surface area (Å²) in [5.74, 6) is 0.621. The number of hydrogen-bond donors (Lipinski definition) is 2. The van der Waals surface area contributed by atoms with Gasteiger partial charge < -0.3 is 24.8 Å². The molecule has 1 saturated heterocycles. The molecule has 2 amide bonds. The van der Waals surface area contributed by atoms with Crippen LogP contribution in [0.15, 0.2) is 54.6 Å². The number of nitrogens with one attached hydrogen (secondary N) is 2. The molecule has 2 N–H and O–H groups in total. The first-order valence-corrected chi connectivity index (χ1v) is 10.9. The fourth-order valence-electron chi connectivity index (χ4n) is 3.94. The van der Waals surface area contributed by atoms with E-state index in [2.05, 4.69) is 29.3 Å². The molecule has 0 aromatic heterocycles. The number of benzene rings is 2. The van der Waals surface area contributed by atoms with Crippen LogP contribution in [0.4, 0.5) is 11.4 Å². The Balaban J connectivity index is 1.51. The van der Waals surface area contributed by atoms with E-state index < -0.39 is 0 Å². The van der Waals surface area contributed by atoms with Gasteiger partial charge in [0.2, 0.25) is 0 Å². The Morgan fingerprint density at radius 2 is 1.65 bits per heavy atom. The van der Waals surface area contributed by atoms with Gasteiger partial charge in [0.15, 0.2) is 13.1 Å². The van der Waals surface area contributed by atoms with E-state index in [9.17, 15) is 9.59 Å². The highest BCUT2D eigenvalue weighted by molar-refractivity contribution is 5.93. The first-order chi connectivity index (χ1) is 15.1. The number of piperazine rings is 1. The summed E-state index contributed by atoms with van der Waals surface area (Å²) in [6.45, 7) is 6.50. The number of anilines is 2.